The van der Waals surface area contributed by atoms with Gasteiger partial charge in [-0.2, -0.15) is 5.10 Å². The van der Waals surface area contributed by atoms with Gasteiger partial charge < -0.3 is 5.32 Å². The van der Waals surface area contributed by atoms with Crippen LogP contribution >= 0.6 is 11.8 Å². The van der Waals surface area contributed by atoms with Crippen LogP contribution in [0, 0.1) is 0 Å². The van der Waals surface area contributed by atoms with Crippen molar-refractivity contribution in [2.75, 3.05) is 11.1 Å². The summed E-state index contributed by atoms with van der Waals surface area (Å²) >= 11 is 1.49. The third kappa shape index (κ3) is 3.01. The molecular weight excluding hydrogens is 350 g/mol. The van der Waals surface area contributed by atoms with Gasteiger partial charge in [0.25, 0.3) is 5.56 Å². The first-order chi connectivity index (χ1) is 12.5. The highest BCUT2D eigenvalue weighted by Gasteiger charge is 2.28. The maximum atomic E-state index is 12.7. The van der Waals surface area contributed by atoms with Crippen LogP contribution in [0.1, 0.15) is 37.8 Å². The van der Waals surface area contributed by atoms with Crippen molar-refractivity contribution in [1.29, 1.82) is 0 Å². The normalized spacial score (nSPS) is 16.2. The first-order valence-electron chi connectivity index (χ1n) is 8.51. The molecule has 1 aliphatic heterocycles. The average Bonchev–Trinajstić information content (AvgIpc) is 3.23. The van der Waals surface area contributed by atoms with E-state index in [9.17, 15) is 9.59 Å². The second-order valence-electron chi connectivity index (χ2n) is 6.70. The van der Waals surface area contributed by atoms with Crippen molar-refractivity contribution in [3.63, 3.8) is 0 Å². The molecule has 26 heavy (non-hydrogen) atoms. The van der Waals surface area contributed by atoms with Gasteiger partial charge in [-0.1, -0.05) is 37.7 Å². The van der Waals surface area contributed by atoms with Gasteiger partial charge in [-0.05, 0) is 23.6 Å². The van der Waals surface area contributed by atoms with E-state index in [0.717, 1.165) is 5.69 Å². The highest BCUT2D eigenvalue weighted by atomic mass is 32.2. The zero-order chi connectivity index (χ0) is 18.3. The lowest BCUT2D eigenvalue weighted by Gasteiger charge is -2.13. The summed E-state index contributed by atoms with van der Waals surface area (Å²) in [4.78, 5) is 29.5. The summed E-state index contributed by atoms with van der Waals surface area (Å²) in [6.45, 7) is 4.26. The third-order valence-electron chi connectivity index (χ3n) is 4.53. The highest BCUT2D eigenvalue weighted by molar-refractivity contribution is 7.99. The Kier molecular flexibility index (Phi) is 4.28. The molecule has 8 heteroatoms. The zero-order valence-electron chi connectivity index (χ0n) is 14.5. The quantitative estimate of drug-likeness (QED) is 0.690. The molecule has 7 nitrogen and oxygen atoms in total. The monoisotopic (exact) mass is 369 g/mol. The lowest BCUT2D eigenvalue weighted by molar-refractivity contribution is -0.116. The average molecular weight is 369 g/mol. The number of benzene rings is 1. The number of aromatic amines is 1. The first kappa shape index (κ1) is 16.8. The molecule has 1 aromatic carbocycles. The molecule has 0 spiro atoms. The molecule has 3 aromatic rings. The number of hydrogen-bond acceptors (Lipinski definition) is 5. The number of anilines is 1. The number of nitrogens with one attached hydrogen (secondary N) is 2. The van der Waals surface area contributed by atoms with Crippen molar-refractivity contribution in [2.45, 2.75) is 37.4 Å². The van der Waals surface area contributed by atoms with E-state index in [0.29, 0.717) is 27.9 Å². The number of nitrogens with zero attached hydrogens (tertiary/aromatic N) is 3. The lowest BCUT2D eigenvalue weighted by Crippen LogP contribution is -2.27. The fourth-order valence-electron chi connectivity index (χ4n) is 3.08. The Labute approximate surface area is 154 Å². The van der Waals surface area contributed by atoms with Gasteiger partial charge in [0, 0.05) is 17.9 Å². The zero-order valence-corrected chi connectivity index (χ0v) is 15.3. The number of rotatable bonds is 4. The summed E-state index contributed by atoms with van der Waals surface area (Å²) < 4.78 is 1.62. The number of hydrogen-bond donors (Lipinski definition) is 2. The van der Waals surface area contributed by atoms with Gasteiger partial charge in [-0.3, -0.25) is 19.3 Å². The number of carbonyl (C=O) groups excluding carboxylic acids is 1. The third-order valence-corrected chi connectivity index (χ3v) is 5.63. The van der Waals surface area contributed by atoms with Crippen LogP contribution < -0.4 is 10.9 Å². The number of thioether (sulfide) groups is 1. The second-order valence-corrected chi connectivity index (χ2v) is 7.68. The summed E-state index contributed by atoms with van der Waals surface area (Å²) in [6.07, 6.45) is 1.71. The van der Waals surface area contributed by atoms with E-state index in [1.807, 2.05) is 24.3 Å². The molecule has 0 bridgehead atoms. The molecule has 0 aliphatic carbocycles. The summed E-state index contributed by atoms with van der Waals surface area (Å²) in [5.41, 5.74) is 2.33. The number of carbonyl (C=O) groups is 1. The summed E-state index contributed by atoms with van der Waals surface area (Å²) in [5.74, 6) is 0.993. The van der Waals surface area contributed by atoms with Crippen molar-refractivity contribution in [3.05, 3.63) is 46.4 Å². The second kappa shape index (κ2) is 6.60. The van der Waals surface area contributed by atoms with Gasteiger partial charge in [0.05, 0.1) is 12.2 Å². The Morgan fingerprint density at radius 3 is 2.88 bits per heavy atom. The molecule has 4 rings (SSSR count). The van der Waals surface area contributed by atoms with Gasteiger partial charge in [-0.15, -0.1) is 0 Å². The maximum absolute atomic E-state index is 12.7. The molecule has 0 radical (unpaired) electrons. The predicted octanol–water partition coefficient (Wildman–Crippen LogP) is 2.92. The standard InChI is InChI=1S/C18H19N5O2S/c1-10(2)11-3-5-12(6-4-11)20-15(24)7-13-9-26-18-21-16-14(8-19-22-16)17(25)23(13)18/h3-6,8,10,13H,7,9H2,1-2H3,(H,19,22)(H,20,24). The minimum Gasteiger partial charge on any atom is -0.326 e. The van der Waals surface area contributed by atoms with Gasteiger partial charge >= 0.3 is 0 Å². The van der Waals surface area contributed by atoms with Gasteiger partial charge in [0.2, 0.25) is 5.91 Å². The van der Waals surface area contributed by atoms with Crippen molar-refractivity contribution < 1.29 is 4.79 Å². The molecule has 2 aromatic heterocycles. The summed E-state index contributed by atoms with van der Waals surface area (Å²) in [6, 6.07) is 7.65. The fraction of sp³-hybridized carbons (Fsp3) is 0.333. The Bertz CT molecular complexity index is 1020. The van der Waals surface area contributed by atoms with E-state index in [1.165, 1.54) is 23.5 Å². The molecule has 1 atom stereocenters. The van der Waals surface area contributed by atoms with Crippen LogP contribution in [0.3, 0.4) is 0 Å². The van der Waals surface area contributed by atoms with Crippen LogP contribution in [0.4, 0.5) is 5.69 Å². The lowest BCUT2D eigenvalue weighted by atomic mass is 10.0. The van der Waals surface area contributed by atoms with Gasteiger partial charge in [-0.25, -0.2) is 4.98 Å². The minimum absolute atomic E-state index is 0.111. The number of H-pyrrole nitrogens is 1. The minimum atomic E-state index is -0.204. The van der Waals surface area contributed by atoms with Crippen LogP contribution in [0.2, 0.25) is 0 Å². The number of amides is 1. The summed E-state index contributed by atoms with van der Waals surface area (Å²) in [7, 11) is 0. The Hall–Kier alpha value is -2.61. The smallest absolute Gasteiger partial charge is 0.265 e. The fourth-order valence-corrected chi connectivity index (χ4v) is 4.22. The SMILES string of the molecule is CC(C)c1ccc(NC(=O)CC2CSc3nc4[nH]ncc4c(=O)n32)cc1. The predicted molar refractivity (Wildman–Crippen MR) is 102 cm³/mol. The summed E-state index contributed by atoms with van der Waals surface area (Å²) in [5, 5.41) is 10.6. The van der Waals surface area contributed by atoms with Crippen LogP contribution in [0.15, 0.2) is 40.4 Å². The molecular formula is C18H19N5O2S. The molecule has 134 valence electrons. The molecule has 1 unspecified atom stereocenters. The van der Waals surface area contributed by atoms with Crippen LogP contribution in [0.25, 0.3) is 11.0 Å². The van der Waals surface area contributed by atoms with E-state index in [4.69, 9.17) is 0 Å². The Morgan fingerprint density at radius 2 is 2.15 bits per heavy atom. The molecule has 2 N–H and O–H groups in total. The molecule has 0 fully saturated rings. The van der Waals surface area contributed by atoms with Crippen molar-refractivity contribution in [3.8, 4) is 0 Å². The van der Waals surface area contributed by atoms with Crippen molar-refractivity contribution in [1.82, 2.24) is 19.7 Å². The van der Waals surface area contributed by atoms with Crippen LogP contribution in [0.5, 0.6) is 0 Å². The molecule has 1 amide bonds. The van der Waals surface area contributed by atoms with E-state index in [1.54, 1.807) is 4.57 Å². The first-order valence-corrected chi connectivity index (χ1v) is 9.49. The highest BCUT2D eigenvalue weighted by Crippen LogP contribution is 2.33. The van der Waals surface area contributed by atoms with Crippen molar-refractivity contribution >= 4 is 34.4 Å². The van der Waals surface area contributed by atoms with Gasteiger partial charge in [0.15, 0.2) is 10.8 Å². The van der Waals surface area contributed by atoms with E-state index in [-0.39, 0.29) is 23.9 Å². The van der Waals surface area contributed by atoms with Crippen LogP contribution in [-0.4, -0.2) is 31.4 Å². The van der Waals surface area contributed by atoms with Crippen molar-refractivity contribution in [2.24, 2.45) is 0 Å². The largest absolute Gasteiger partial charge is 0.326 e. The topological polar surface area (TPSA) is 92.7 Å². The van der Waals surface area contributed by atoms with Crippen LogP contribution in [-0.2, 0) is 4.79 Å². The Morgan fingerprint density at radius 1 is 1.38 bits per heavy atom. The van der Waals surface area contributed by atoms with E-state index >= 15 is 0 Å². The van der Waals surface area contributed by atoms with Gasteiger partial charge in [0.1, 0.15) is 5.39 Å². The molecule has 1 aliphatic rings. The van der Waals surface area contributed by atoms with E-state index in [2.05, 4.69) is 34.3 Å². The Balaban J connectivity index is 1.50. The molecule has 0 saturated carbocycles. The van der Waals surface area contributed by atoms with E-state index < -0.39 is 0 Å². The number of fused-ring (bicyclic) bond motifs is 2. The number of aromatic nitrogens is 4. The maximum Gasteiger partial charge on any atom is 0.265 e. The molecule has 0 saturated heterocycles. The molecule has 3 heterocycles.